The van der Waals surface area contributed by atoms with Gasteiger partial charge in [0.15, 0.2) is 0 Å². The molecule has 3 rings (SSSR count). The van der Waals surface area contributed by atoms with Crippen molar-refractivity contribution in [1.29, 1.82) is 0 Å². The van der Waals surface area contributed by atoms with Crippen LogP contribution in [0.2, 0.25) is 0 Å². The molecule has 2 aliphatic carbocycles. The number of aromatic nitrogens is 1. The van der Waals surface area contributed by atoms with Crippen LogP contribution in [0.5, 0.6) is 0 Å². The minimum atomic E-state index is -0.0416. The van der Waals surface area contributed by atoms with E-state index in [2.05, 4.69) is 28.8 Å². The summed E-state index contributed by atoms with van der Waals surface area (Å²) in [6.07, 6.45) is 10.1. The smallest absolute Gasteiger partial charge is 0.315 e. The van der Waals surface area contributed by atoms with Crippen molar-refractivity contribution < 1.29 is 4.79 Å². The van der Waals surface area contributed by atoms with Crippen molar-refractivity contribution in [2.24, 2.45) is 5.92 Å². The fourth-order valence-electron chi connectivity index (χ4n) is 2.78. The van der Waals surface area contributed by atoms with E-state index in [1.54, 1.807) is 11.3 Å². The lowest BCUT2D eigenvalue weighted by Crippen LogP contribution is -2.48. The van der Waals surface area contributed by atoms with Gasteiger partial charge < -0.3 is 10.6 Å². The van der Waals surface area contributed by atoms with Crippen LogP contribution in [-0.4, -0.2) is 28.6 Å². The lowest BCUT2D eigenvalue weighted by atomic mass is 9.84. The summed E-state index contributed by atoms with van der Waals surface area (Å²) in [5.41, 5.74) is 0. The molecular weight excluding hydrogens is 302 g/mol. The van der Waals surface area contributed by atoms with E-state index < -0.39 is 0 Å². The number of thiazole rings is 1. The Morgan fingerprint density at radius 1 is 1.57 bits per heavy atom. The summed E-state index contributed by atoms with van der Waals surface area (Å²) in [5.74, 6) is 0.569. The fraction of sp³-hybridized carbons (Fsp3) is 0.733. The number of thioether (sulfide) groups is 1. The van der Waals surface area contributed by atoms with E-state index in [9.17, 15) is 4.79 Å². The molecule has 0 bridgehead atoms. The van der Waals surface area contributed by atoms with Crippen molar-refractivity contribution in [3.8, 4) is 0 Å². The molecule has 0 saturated heterocycles. The Balaban J connectivity index is 1.54. The molecule has 1 heterocycles. The van der Waals surface area contributed by atoms with Gasteiger partial charge in [0, 0.05) is 22.4 Å². The lowest BCUT2D eigenvalue weighted by Gasteiger charge is -2.40. The molecule has 0 aliphatic heterocycles. The number of hydrogen-bond donors (Lipinski definition) is 2. The third-order valence-corrected chi connectivity index (χ3v) is 6.97. The highest BCUT2D eigenvalue weighted by Crippen LogP contribution is 2.43. The number of nitrogens with zero attached hydrogens (tertiary/aromatic N) is 1. The predicted molar refractivity (Wildman–Crippen MR) is 88.9 cm³/mol. The number of rotatable bonds is 6. The second-order valence-electron chi connectivity index (χ2n) is 6.19. The van der Waals surface area contributed by atoms with Crippen LogP contribution in [0.3, 0.4) is 0 Å². The quantitative estimate of drug-likeness (QED) is 0.842. The number of amides is 2. The maximum absolute atomic E-state index is 12.2. The molecule has 2 saturated carbocycles. The summed E-state index contributed by atoms with van der Waals surface area (Å²) in [7, 11) is 0. The van der Waals surface area contributed by atoms with E-state index in [0.29, 0.717) is 5.92 Å². The maximum Gasteiger partial charge on any atom is 0.315 e. The predicted octanol–water partition coefficient (Wildman–Crippen LogP) is 3.49. The second-order valence-corrected chi connectivity index (χ2v) is 8.73. The molecule has 1 atom stereocenters. The van der Waals surface area contributed by atoms with E-state index in [1.165, 1.54) is 37.0 Å². The van der Waals surface area contributed by atoms with Crippen molar-refractivity contribution in [1.82, 2.24) is 15.6 Å². The Bertz CT molecular complexity index is 503. The molecule has 2 fully saturated rings. The van der Waals surface area contributed by atoms with Crippen LogP contribution in [-0.2, 0) is 0 Å². The molecular formula is C15H23N3OS2. The van der Waals surface area contributed by atoms with Crippen LogP contribution < -0.4 is 10.6 Å². The number of carbonyl (C=O) groups excluding carboxylic acids is 1. The van der Waals surface area contributed by atoms with Gasteiger partial charge in [-0.2, -0.15) is 11.8 Å². The number of nitrogens with one attached hydrogen (secondary N) is 2. The van der Waals surface area contributed by atoms with Crippen LogP contribution in [0.15, 0.2) is 6.20 Å². The first kappa shape index (κ1) is 15.2. The van der Waals surface area contributed by atoms with Crippen LogP contribution in [0.1, 0.15) is 48.0 Å². The highest BCUT2D eigenvalue weighted by atomic mass is 32.2. The van der Waals surface area contributed by atoms with Crippen molar-refractivity contribution in [2.75, 3.05) is 12.8 Å². The zero-order valence-corrected chi connectivity index (χ0v) is 14.3. The van der Waals surface area contributed by atoms with Crippen molar-refractivity contribution in [3.63, 3.8) is 0 Å². The first-order chi connectivity index (χ1) is 10.1. The van der Waals surface area contributed by atoms with Gasteiger partial charge in [-0.25, -0.2) is 9.78 Å². The molecule has 0 radical (unpaired) electrons. The monoisotopic (exact) mass is 325 g/mol. The second kappa shape index (κ2) is 6.16. The molecule has 2 N–H and O–H groups in total. The molecule has 1 aromatic heterocycles. The Labute approximate surface area is 134 Å². The summed E-state index contributed by atoms with van der Waals surface area (Å²) < 4.78 is 0.282. The van der Waals surface area contributed by atoms with Gasteiger partial charge in [-0.3, -0.25) is 0 Å². The maximum atomic E-state index is 12.2. The van der Waals surface area contributed by atoms with Crippen LogP contribution in [0, 0.1) is 12.8 Å². The van der Waals surface area contributed by atoms with Crippen molar-refractivity contribution in [3.05, 3.63) is 16.1 Å². The topological polar surface area (TPSA) is 54.0 Å². The molecule has 6 heteroatoms. The Morgan fingerprint density at radius 2 is 2.33 bits per heavy atom. The summed E-state index contributed by atoms with van der Waals surface area (Å²) in [6, 6.07) is 0.0513. The van der Waals surface area contributed by atoms with E-state index in [1.807, 2.05) is 18.0 Å². The molecule has 0 unspecified atom stereocenters. The Hall–Kier alpha value is -0.750. The zero-order chi connectivity index (χ0) is 14.9. The molecule has 116 valence electrons. The van der Waals surface area contributed by atoms with Gasteiger partial charge in [-0.1, -0.05) is 6.42 Å². The lowest BCUT2D eigenvalue weighted by molar-refractivity contribution is 0.231. The molecule has 21 heavy (non-hydrogen) atoms. The standard InChI is InChI=1S/C15H23N3OS2/c1-10-8-16-13(21-10)12(11-4-5-11)18-14(19)17-9-15(20-2)6-3-7-15/h8,11-12H,3-7,9H2,1-2H3,(H2,17,18,19)/t12-/m0/s1. The van der Waals surface area contributed by atoms with Crippen LogP contribution >= 0.6 is 23.1 Å². The third kappa shape index (κ3) is 3.54. The van der Waals surface area contributed by atoms with Gasteiger partial charge in [0.1, 0.15) is 5.01 Å². The van der Waals surface area contributed by atoms with Crippen LogP contribution in [0.4, 0.5) is 4.79 Å². The molecule has 2 amide bonds. The summed E-state index contributed by atoms with van der Waals surface area (Å²) in [5, 5.41) is 7.26. The van der Waals surface area contributed by atoms with Gasteiger partial charge in [0.05, 0.1) is 6.04 Å². The van der Waals surface area contributed by atoms with Crippen LogP contribution in [0.25, 0.3) is 0 Å². The average Bonchev–Trinajstić information content (AvgIpc) is 3.17. The minimum absolute atomic E-state index is 0.0416. The zero-order valence-electron chi connectivity index (χ0n) is 12.6. The minimum Gasteiger partial charge on any atom is -0.337 e. The highest BCUT2D eigenvalue weighted by Gasteiger charge is 2.38. The summed E-state index contributed by atoms with van der Waals surface area (Å²) >= 11 is 3.58. The van der Waals surface area contributed by atoms with Gasteiger partial charge in [-0.15, -0.1) is 11.3 Å². The van der Waals surface area contributed by atoms with Gasteiger partial charge >= 0.3 is 6.03 Å². The summed E-state index contributed by atoms with van der Waals surface area (Å²) in [4.78, 5) is 17.9. The normalized spacial score (nSPS) is 21.4. The van der Waals surface area contributed by atoms with E-state index in [-0.39, 0.29) is 16.8 Å². The summed E-state index contributed by atoms with van der Waals surface area (Å²) in [6.45, 7) is 2.83. The highest BCUT2D eigenvalue weighted by molar-refractivity contribution is 8.00. The fourth-order valence-corrected chi connectivity index (χ4v) is 4.62. The molecule has 1 aromatic rings. The van der Waals surface area contributed by atoms with E-state index >= 15 is 0 Å². The van der Waals surface area contributed by atoms with E-state index in [4.69, 9.17) is 0 Å². The Morgan fingerprint density at radius 3 is 2.81 bits per heavy atom. The first-order valence-electron chi connectivity index (χ1n) is 7.64. The van der Waals surface area contributed by atoms with Gasteiger partial charge in [0.2, 0.25) is 0 Å². The SMILES string of the molecule is CSC1(CNC(=O)N[C@H](c2ncc(C)s2)C2CC2)CCC1. The number of aryl methyl sites for hydroxylation is 1. The van der Waals surface area contributed by atoms with E-state index in [0.717, 1.165) is 11.6 Å². The third-order valence-electron chi connectivity index (χ3n) is 4.55. The number of hydrogen-bond acceptors (Lipinski definition) is 4. The molecule has 4 nitrogen and oxygen atoms in total. The van der Waals surface area contributed by atoms with Crippen molar-refractivity contribution in [2.45, 2.75) is 49.8 Å². The average molecular weight is 326 g/mol. The Kier molecular flexibility index (Phi) is 4.45. The van der Waals surface area contributed by atoms with Gasteiger partial charge in [0.25, 0.3) is 0 Å². The number of urea groups is 1. The number of carbonyl (C=O) groups is 1. The van der Waals surface area contributed by atoms with Crippen molar-refractivity contribution >= 4 is 29.1 Å². The molecule has 0 spiro atoms. The first-order valence-corrected chi connectivity index (χ1v) is 9.68. The van der Waals surface area contributed by atoms with Gasteiger partial charge in [-0.05, 0) is 44.8 Å². The molecule has 2 aliphatic rings. The largest absolute Gasteiger partial charge is 0.337 e. The molecule has 0 aromatic carbocycles.